The molecule has 0 aliphatic heterocycles. The molecule has 1 N–H and O–H groups in total. The molecule has 0 spiro atoms. The number of carbonyl (C=O) groups excluding carboxylic acids is 2. The van der Waals surface area contributed by atoms with Crippen LogP contribution < -0.4 is 10.1 Å². The molecule has 2 aromatic rings. The predicted molar refractivity (Wildman–Crippen MR) is 98.5 cm³/mol. The maximum absolute atomic E-state index is 12.6. The Morgan fingerprint density at radius 2 is 1.80 bits per heavy atom. The van der Waals surface area contributed by atoms with Gasteiger partial charge >= 0.3 is 6.09 Å². The van der Waals surface area contributed by atoms with Crippen molar-refractivity contribution < 1.29 is 14.3 Å². The van der Waals surface area contributed by atoms with E-state index in [4.69, 9.17) is 4.74 Å². The van der Waals surface area contributed by atoms with E-state index in [2.05, 4.69) is 5.32 Å². The Labute approximate surface area is 148 Å². The lowest BCUT2D eigenvalue weighted by Crippen LogP contribution is -2.38. The number of nitrogens with zero attached hydrogens (tertiary/aromatic N) is 1. The number of carbonyl (C=O) groups is 2. The average molecular weight is 340 g/mol. The Hall–Kier alpha value is -2.82. The van der Waals surface area contributed by atoms with Crippen LogP contribution >= 0.6 is 0 Å². The van der Waals surface area contributed by atoms with Gasteiger partial charge in [-0.2, -0.15) is 0 Å². The number of hydrogen-bond acceptors (Lipinski definition) is 3. The monoisotopic (exact) mass is 340 g/mol. The predicted octanol–water partition coefficient (Wildman–Crippen LogP) is 4.44. The maximum atomic E-state index is 12.6. The van der Waals surface area contributed by atoms with E-state index >= 15 is 0 Å². The molecule has 132 valence electrons. The van der Waals surface area contributed by atoms with Crippen LogP contribution in [0.25, 0.3) is 0 Å². The number of benzene rings is 2. The van der Waals surface area contributed by atoms with Crippen molar-refractivity contribution in [2.24, 2.45) is 0 Å². The highest BCUT2D eigenvalue weighted by Gasteiger charge is 2.19. The van der Waals surface area contributed by atoms with Crippen LogP contribution in [-0.4, -0.2) is 22.9 Å². The fourth-order valence-corrected chi connectivity index (χ4v) is 2.28. The molecule has 0 aliphatic carbocycles. The summed E-state index contributed by atoms with van der Waals surface area (Å²) in [5.74, 6) is 0.314. The summed E-state index contributed by atoms with van der Waals surface area (Å²) in [5.41, 5.74) is 1.65. The van der Waals surface area contributed by atoms with Crippen LogP contribution in [0.5, 0.6) is 5.75 Å². The maximum Gasteiger partial charge on any atom is 0.415 e. The normalized spacial score (nSPS) is 10.4. The van der Waals surface area contributed by atoms with Gasteiger partial charge in [0.15, 0.2) is 0 Å². The van der Waals surface area contributed by atoms with Gasteiger partial charge in [-0.25, -0.2) is 4.79 Å². The van der Waals surface area contributed by atoms with E-state index in [0.717, 1.165) is 5.56 Å². The minimum atomic E-state index is -0.419. The molecular weight excluding hydrogens is 316 g/mol. The van der Waals surface area contributed by atoms with Gasteiger partial charge in [0.25, 0.3) is 0 Å². The summed E-state index contributed by atoms with van der Waals surface area (Å²) in [4.78, 5) is 25.7. The summed E-state index contributed by atoms with van der Waals surface area (Å²) in [6, 6.07) is 16.6. The van der Waals surface area contributed by atoms with Gasteiger partial charge in [0.2, 0.25) is 5.91 Å². The molecule has 0 unspecified atom stereocenters. The number of anilines is 1. The molecular formula is C20H24N2O3. The Bertz CT molecular complexity index is 714. The van der Waals surface area contributed by atoms with Crippen molar-refractivity contribution in [3.63, 3.8) is 0 Å². The number of rotatable bonds is 6. The van der Waals surface area contributed by atoms with Gasteiger partial charge in [-0.05, 0) is 31.5 Å². The van der Waals surface area contributed by atoms with E-state index in [9.17, 15) is 9.59 Å². The second kappa shape index (κ2) is 8.87. The van der Waals surface area contributed by atoms with Crippen molar-refractivity contribution in [3.05, 3.63) is 60.2 Å². The Balaban J connectivity index is 2.07. The zero-order chi connectivity index (χ0) is 18.2. The summed E-state index contributed by atoms with van der Waals surface area (Å²) < 4.78 is 5.50. The molecule has 5 heteroatoms. The van der Waals surface area contributed by atoms with Gasteiger partial charge in [-0.1, -0.05) is 43.3 Å². The van der Waals surface area contributed by atoms with Gasteiger partial charge in [0, 0.05) is 30.8 Å². The molecule has 0 atom stereocenters. The number of amides is 2. The lowest BCUT2D eigenvalue weighted by atomic mass is 10.2. The van der Waals surface area contributed by atoms with E-state index in [0.29, 0.717) is 24.4 Å². The number of nitrogens with one attached hydrogen (secondary N) is 1. The Morgan fingerprint density at radius 3 is 2.44 bits per heavy atom. The van der Waals surface area contributed by atoms with Crippen molar-refractivity contribution in [2.75, 3.05) is 5.32 Å². The Morgan fingerprint density at radius 1 is 1.08 bits per heavy atom. The zero-order valence-corrected chi connectivity index (χ0v) is 14.9. The fraction of sp³-hybridized carbons (Fsp3) is 0.300. The minimum absolute atomic E-state index is 0.00400. The molecule has 0 saturated heterocycles. The molecule has 0 radical (unpaired) electrons. The smallest absolute Gasteiger partial charge is 0.410 e. The van der Waals surface area contributed by atoms with E-state index in [1.807, 2.05) is 44.2 Å². The molecule has 2 amide bonds. The highest BCUT2D eigenvalue weighted by molar-refractivity contribution is 5.90. The second-order valence-electron chi connectivity index (χ2n) is 6.00. The van der Waals surface area contributed by atoms with Crippen LogP contribution in [0.15, 0.2) is 54.6 Å². The first kappa shape index (κ1) is 18.5. The quantitative estimate of drug-likeness (QED) is 0.845. The third-order valence-corrected chi connectivity index (χ3v) is 3.70. The Kier molecular flexibility index (Phi) is 6.57. The van der Waals surface area contributed by atoms with Crippen LogP contribution in [0.2, 0.25) is 0 Å². The third-order valence-electron chi connectivity index (χ3n) is 3.70. The standard InChI is InChI=1S/C20H24N2O3/c1-4-19(23)21-17-11-8-12-18(13-17)25-20(24)22(15(2)3)14-16-9-6-5-7-10-16/h5-13,15H,4,14H2,1-3H3,(H,21,23). The summed E-state index contributed by atoms with van der Waals surface area (Å²) >= 11 is 0. The van der Waals surface area contributed by atoms with Crippen LogP contribution in [0, 0.1) is 0 Å². The van der Waals surface area contributed by atoms with Gasteiger partial charge in [-0.3, -0.25) is 4.79 Å². The van der Waals surface area contributed by atoms with E-state index < -0.39 is 6.09 Å². The molecule has 0 bridgehead atoms. The first-order valence-electron chi connectivity index (χ1n) is 8.42. The molecule has 0 aliphatic rings. The highest BCUT2D eigenvalue weighted by Crippen LogP contribution is 2.19. The molecule has 25 heavy (non-hydrogen) atoms. The molecule has 0 fully saturated rings. The summed E-state index contributed by atoms with van der Waals surface area (Å²) in [7, 11) is 0. The van der Waals surface area contributed by atoms with Crippen LogP contribution in [0.4, 0.5) is 10.5 Å². The van der Waals surface area contributed by atoms with Crippen LogP contribution in [0.3, 0.4) is 0 Å². The SMILES string of the molecule is CCC(=O)Nc1cccc(OC(=O)N(Cc2ccccc2)C(C)C)c1. The number of hydrogen-bond donors (Lipinski definition) is 1. The van der Waals surface area contributed by atoms with Crippen molar-refractivity contribution >= 4 is 17.7 Å². The molecule has 2 aromatic carbocycles. The molecule has 5 nitrogen and oxygen atoms in total. The molecule has 0 heterocycles. The first-order chi connectivity index (χ1) is 12.0. The van der Waals surface area contributed by atoms with Crippen molar-refractivity contribution in [1.29, 1.82) is 0 Å². The van der Waals surface area contributed by atoms with E-state index in [-0.39, 0.29) is 11.9 Å². The van der Waals surface area contributed by atoms with Gasteiger partial charge < -0.3 is 15.0 Å². The minimum Gasteiger partial charge on any atom is -0.410 e. The zero-order valence-electron chi connectivity index (χ0n) is 14.9. The van der Waals surface area contributed by atoms with Crippen LogP contribution in [0.1, 0.15) is 32.8 Å². The molecule has 0 aromatic heterocycles. The highest BCUT2D eigenvalue weighted by atomic mass is 16.6. The third kappa shape index (κ3) is 5.64. The van der Waals surface area contributed by atoms with Crippen molar-refractivity contribution in [3.8, 4) is 5.75 Å². The van der Waals surface area contributed by atoms with Gasteiger partial charge in [0.05, 0.1) is 0 Å². The lowest BCUT2D eigenvalue weighted by Gasteiger charge is -2.26. The topological polar surface area (TPSA) is 58.6 Å². The van der Waals surface area contributed by atoms with E-state index in [1.165, 1.54) is 0 Å². The average Bonchev–Trinajstić information content (AvgIpc) is 2.60. The first-order valence-corrected chi connectivity index (χ1v) is 8.42. The fourth-order valence-electron chi connectivity index (χ4n) is 2.28. The summed E-state index contributed by atoms with van der Waals surface area (Å²) in [6.45, 7) is 6.15. The second-order valence-corrected chi connectivity index (χ2v) is 6.00. The summed E-state index contributed by atoms with van der Waals surface area (Å²) in [5, 5.41) is 2.75. The molecule has 2 rings (SSSR count). The van der Waals surface area contributed by atoms with E-state index in [1.54, 1.807) is 36.1 Å². The van der Waals surface area contributed by atoms with Crippen molar-refractivity contribution in [1.82, 2.24) is 4.90 Å². The van der Waals surface area contributed by atoms with Gasteiger partial charge in [-0.15, -0.1) is 0 Å². The largest absolute Gasteiger partial charge is 0.415 e. The van der Waals surface area contributed by atoms with Crippen molar-refractivity contribution in [2.45, 2.75) is 39.8 Å². The molecule has 0 saturated carbocycles. The van der Waals surface area contributed by atoms with Crippen LogP contribution in [-0.2, 0) is 11.3 Å². The lowest BCUT2D eigenvalue weighted by molar-refractivity contribution is -0.115. The number of ether oxygens (including phenoxy) is 1. The van der Waals surface area contributed by atoms with Gasteiger partial charge in [0.1, 0.15) is 5.75 Å². The summed E-state index contributed by atoms with van der Waals surface area (Å²) in [6.07, 6.45) is -0.0276.